The van der Waals surface area contributed by atoms with Gasteiger partial charge in [-0.15, -0.1) is 0 Å². The minimum absolute atomic E-state index is 0.0725. The molecule has 0 bridgehead atoms. The Kier molecular flexibility index (Phi) is 11.3. The maximum Gasteiger partial charge on any atom is 0.326 e. The Morgan fingerprint density at radius 2 is 1.84 bits per heavy atom. The summed E-state index contributed by atoms with van der Waals surface area (Å²) >= 11 is 0. The first kappa shape index (κ1) is 29.5. The summed E-state index contributed by atoms with van der Waals surface area (Å²) in [5.74, 6) is -3.17. The summed E-state index contributed by atoms with van der Waals surface area (Å²) in [4.78, 5) is 55.7. The highest BCUT2D eigenvalue weighted by atomic mass is 16.4. The molecule has 0 spiro atoms. The summed E-state index contributed by atoms with van der Waals surface area (Å²) < 4.78 is 0. The van der Waals surface area contributed by atoms with E-state index in [4.69, 9.17) is 17.2 Å². The van der Waals surface area contributed by atoms with E-state index in [1.165, 1.54) is 11.8 Å². The molecule has 37 heavy (non-hydrogen) atoms. The van der Waals surface area contributed by atoms with E-state index >= 15 is 0 Å². The van der Waals surface area contributed by atoms with Crippen LogP contribution in [0.2, 0.25) is 0 Å². The van der Waals surface area contributed by atoms with E-state index in [1.807, 2.05) is 0 Å². The number of rotatable bonds is 13. The maximum atomic E-state index is 13.3. The molecule has 0 saturated carbocycles. The first-order valence-corrected chi connectivity index (χ1v) is 12.2. The van der Waals surface area contributed by atoms with Gasteiger partial charge in [-0.05, 0) is 38.2 Å². The monoisotopic (exact) mass is 519 g/mol. The van der Waals surface area contributed by atoms with Gasteiger partial charge in [0.25, 0.3) is 0 Å². The highest BCUT2D eigenvalue weighted by molar-refractivity contribution is 5.94. The molecule has 1 aliphatic heterocycles. The van der Waals surface area contributed by atoms with Crippen LogP contribution in [0.4, 0.5) is 0 Å². The fraction of sp³-hybridized carbons (Fsp3) is 0.542. The second kappa shape index (κ2) is 14.1. The van der Waals surface area contributed by atoms with E-state index in [9.17, 15) is 29.4 Å². The zero-order valence-electron chi connectivity index (χ0n) is 20.9. The van der Waals surface area contributed by atoms with Crippen molar-refractivity contribution in [3.05, 3.63) is 35.9 Å². The molecular formula is C24H37N7O6. The Hall–Kier alpha value is -3.71. The number of hydrogen-bond donors (Lipinski definition) is 7. The summed E-state index contributed by atoms with van der Waals surface area (Å²) in [6.07, 6.45) is 0.318. The van der Waals surface area contributed by atoms with Gasteiger partial charge in [0.05, 0.1) is 12.1 Å². The van der Waals surface area contributed by atoms with Gasteiger partial charge in [0.1, 0.15) is 18.1 Å². The summed E-state index contributed by atoms with van der Waals surface area (Å²) in [5, 5.41) is 24.8. The van der Waals surface area contributed by atoms with Gasteiger partial charge in [0.15, 0.2) is 5.96 Å². The van der Waals surface area contributed by atoms with Crippen LogP contribution in [0.5, 0.6) is 0 Å². The Bertz CT molecular complexity index is 968. The van der Waals surface area contributed by atoms with Crippen molar-refractivity contribution in [3.63, 3.8) is 0 Å². The van der Waals surface area contributed by atoms with E-state index in [0.717, 1.165) is 5.56 Å². The first-order chi connectivity index (χ1) is 17.5. The van der Waals surface area contributed by atoms with Crippen LogP contribution in [0.3, 0.4) is 0 Å². The lowest BCUT2D eigenvalue weighted by molar-refractivity contribution is -0.146. The molecule has 1 fully saturated rings. The number of nitrogens with zero attached hydrogens (tertiary/aromatic N) is 2. The minimum atomic E-state index is -1.33. The average molecular weight is 520 g/mol. The number of nitrogens with one attached hydrogen (secondary N) is 2. The molecule has 10 N–H and O–H groups in total. The number of hydrogen-bond acceptors (Lipinski definition) is 7. The smallest absolute Gasteiger partial charge is 0.326 e. The van der Waals surface area contributed by atoms with E-state index in [-0.39, 0.29) is 31.9 Å². The van der Waals surface area contributed by atoms with Crippen molar-refractivity contribution in [1.82, 2.24) is 15.5 Å². The molecule has 1 saturated heterocycles. The number of likely N-dealkylation sites (tertiary alicyclic amines) is 1. The fourth-order valence-electron chi connectivity index (χ4n) is 4.10. The summed E-state index contributed by atoms with van der Waals surface area (Å²) in [6, 6.07) is 4.45. The molecule has 5 atom stereocenters. The fourth-order valence-corrected chi connectivity index (χ4v) is 4.10. The van der Waals surface area contributed by atoms with Crippen LogP contribution in [-0.4, -0.2) is 88.1 Å². The van der Waals surface area contributed by atoms with Crippen molar-refractivity contribution in [3.8, 4) is 0 Å². The molecule has 0 aromatic heterocycles. The number of carbonyl (C=O) groups excluding carboxylic acids is 3. The Morgan fingerprint density at radius 3 is 2.43 bits per heavy atom. The zero-order chi connectivity index (χ0) is 27.5. The lowest BCUT2D eigenvalue weighted by Crippen LogP contribution is -2.59. The second-order valence-electron chi connectivity index (χ2n) is 9.06. The van der Waals surface area contributed by atoms with E-state index in [2.05, 4.69) is 15.6 Å². The largest absolute Gasteiger partial charge is 0.480 e. The molecular weight excluding hydrogens is 482 g/mol. The molecule has 13 heteroatoms. The predicted molar refractivity (Wildman–Crippen MR) is 136 cm³/mol. The third-order valence-electron chi connectivity index (χ3n) is 6.09. The van der Waals surface area contributed by atoms with Crippen molar-refractivity contribution in [2.75, 3.05) is 13.1 Å². The van der Waals surface area contributed by atoms with E-state index < -0.39 is 54.0 Å². The van der Waals surface area contributed by atoms with E-state index in [0.29, 0.717) is 19.3 Å². The maximum absolute atomic E-state index is 13.3. The Morgan fingerprint density at radius 1 is 1.16 bits per heavy atom. The number of carboxylic acids is 1. The summed E-state index contributed by atoms with van der Waals surface area (Å²) in [6.45, 7) is 1.85. The number of aliphatic carboxylic acids is 1. The standard InChI is InChI=1S/C24H37N7O6/c1-14(32)19(30-20(33)16(25)9-5-11-28-24(26)27)22(35)31-12-6-10-18(31)21(34)29-17(23(36)37)13-15-7-3-2-4-8-15/h2-4,7-8,14,16-19,32H,5-6,9-13,25H2,1H3,(H,29,34)(H,30,33)(H,36,37)(H4,26,27,28). The normalized spacial score (nSPS) is 18.2. The number of amides is 3. The summed E-state index contributed by atoms with van der Waals surface area (Å²) in [5.41, 5.74) is 17.2. The number of guanidine groups is 1. The summed E-state index contributed by atoms with van der Waals surface area (Å²) in [7, 11) is 0. The molecule has 13 nitrogen and oxygen atoms in total. The van der Waals surface area contributed by atoms with Crippen molar-refractivity contribution in [2.45, 2.75) is 69.3 Å². The lowest BCUT2D eigenvalue weighted by Gasteiger charge is -2.31. The first-order valence-electron chi connectivity index (χ1n) is 12.2. The van der Waals surface area contributed by atoms with Gasteiger partial charge in [-0.3, -0.25) is 19.4 Å². The number of benzene rings is 1. The molecule has 1 aromatic rings. The average Bonchev–Trinajstić information content (AvgIpc) is 3.34. The van der Waals surface area contributed by atoms with E-state index in [1.54, 1.807) is 30.3 Å². The van der Waals surface area contributed by atoms with Gasteiger partial charge in [0.2, 0.25) is 17.7 Å². The third kappa shape index (κ3) is 9.03. The molecule has 0 aliphatic carbocycles. The van der Waals surface area contributed by atoms with Gasteiger partial charge >= 0.3 is 5.97 Å². The van der Waals surface area contributed by atoms with Gasteiger partial charge in [-0.2, -0.15) is 0 Å². The number of carbonyl (C=O) groups is 4. The number of nitrogens with two attached hydrogens (primary N) is 3. The van der Waals surface area contributed by atoms with Crippen LogP contribution in [0, 0.1) is 0 Å². The van der Waals surface area contributed by atoms with Crippen molar-refractivity contribution < 1.29 is 29.4 Å². The van der Waals surface area contributed by atoms with Crippen molar-refractivity contribution in [1.29, 1.82) is 0 Å². The highest BCUT2D eigenvalue weighted by Crippen LogP contribution is 2.20. The number of aliphatic hydroxyl groups excluding tert-OH is 1. The van der Waals surface area contributed by atoms with Crippen LogP contribution >= 0.6 is 0 Å². The van der Waals surface area contributed by atoms with Crippen molar-refractivity contribution >= 4 is 29.7 Å². The lowest BCUT2D eigenvalue weighted by atomic mass is 10.0. The van der Waals surface area contributed by atoms with Crippen LogP contribution in [0.15, 0.2) is 35.3 Å². The number of aliphatic hydroxyl groups is 1. The van der Waals surface area contributed by atoms with Crippen LogP contribution in [0.25, 0.3) is 0 Å². The predicted octanol–water partition coefficient (Wildman–Crippen LogP) is -1.96. The topological polar surface area (TPSA) is 226 Å². The molecule has 2 rings (SSSR count). The number of aliphatic imine (C=N–C) groups is 1. The highest BCUT2D eigenvalue weighted by Gasteiger charge is 2.40. The molecule has 3 amide bonds. The molecule has 5 unspecified atom stereocenters. The molecule has 0 radical (unpaired) electrons. The quantitative estimate of drug-likeness (QED) is 0.0870. The van der Waals surface area contributed by atoms with Crippen LogP contribution in [-0.2, 0) is 25.6 Å². The Labute approximate surface area is 215 Å². The third-order valence-corrected chi connectivity index (χ3v) is 6.09. The molecule has 1 heterocycles. The molecule has 204 valence electrons. The zero-order valence-corrected chi connectivity index (χ0v) is 20.9. The number of carboxylic acid groups (broad SMARTS) is 1. The molecule has 1 aliphatic rings. The van der Waals surface area contributed by atoms with Gasteiger partial charge in [-0.25, -0.2) is 4.79 Å². The minimum Gasteiger partial charge on any atom is -0.480 e. The van der Waals surface area contributed by atoms with Crippen LogP contribution in [0.1, 0.15) is 38.2 Å². The molecule has 1 aromatic carbocycles. The van der Waals surface area contributed by atoms with Gasteiger partial charge in [-0.1, -0.05) is 30.3 Å². The van der Waals surface area contributed by atoms with Gasteiger partial charge in [0, 0.05) is 19.5 Å². The Balaban J connectivity index is 2.03. The second-order valence-corrected chi connectivity index (χ2v) is 9.06. The van der Waals surface area contributed by atoms with Gasteiger partial charge < -0.3 is 42.9 Å². The SMILES string of the molecule is CC(O)C(NC(=O)C(N)CCCN=C(N)N)C(=O)N1CCCC1C(=O)NC(Cc1ccccc1)C(=O)O. The van der Waals surface area contributed by atoms with Crippen molar-refractivity contribution in [2.24, 2.45) is 22.2 Å². The van der Waals surface area contributed by atoms with Crippen LogP contribution < -0.4 is 27.8 Å².